The van der Waals surface area contributed by atoms with E-state index < -0.39 is 6.10 Å². The second-order valence-electron chi connectivity index (χ2n) is 7.87. The third-order valence-corrected chi connectivity index (χ3v) is 5.46. The van der Waals surface area contributed by atoms with Gasteiger partial charge in [0.25, 0.3) is 0 Å². The molecular weight excluding hydrogens is 398 g/mol. The number of pyridine rings is 1. The van der Waals surface area contributed by atoms with Crippen molar-refractivity contribution < 1.29 is 20.1 Å². The molecule has 0 bridgehead atoms. The summed E-state index contributed by atoms with van der Waals surface area (Å²) in [7, 11) is 0. The molecule has 0 amide bonds. The summed E-state index contributed by atoms with van der Waals surface area (Å²) in [5.74, 6) is 0.701. The molecule has 1 aliphatic rings. The predicted octanol–water partition coefficient (Wildman–Crippen LogP) is 1.09. The topological polar surface area (TPSA) is 116 Å². The van der Waals surface area contributed by atoms with E-state index in [1.54, 1.807) is 12.1 Å². The van der Waals surface area contributed by atoms with Gasteiger partial charge in [0.1, 0.15) is 11.4 Å². The number of anilines is 1. The molecule has 1 aromatic carbocycles. The molecule has 2 aromatic heterocycles. The lowest BCUT2D eigenvalue weighted by molar-refractivity contribution is 0.0171. The lowest BCUT2D eigenvalue weighted by atomic mass is 10.2. The minimum atomic E-state index is -0.565. The molecule has 9 heteroatoms. The fraction of sp³-hybridized carbons (Fsp3) is 0.455. The Bertz CT molecular complexity index is 1030. The smallest absolute Gasteiger partial charge is 0.204 e. The quantitative estimate of drug-likeness (QED) is 0.422. The highest BCUT2D eigenvalue weighted by Gasteiger charge is 2.18. The van der Waals surface area contributed by atoms with Crippen LogP contribution >= 0.6 is 0 Å². The molecule has 0 aliphatic carbocycles. The Labute approximate surface area is 180 Å². The number of β-amino-alcohol motifs (C(OH)–C–C–N with tert-alkyl or cyclic N) is 1. The van der Waals surface area contributed by atoms with E-state index in [1.807, 2.05) is 29.7 Å². The van der Waals surface area contributed by atoms with Crippen LogP contribution in [0.2, 0.25) is 0 Å². The molecule has 3 heterocycles. The SMILES string of the molecule is Cc1ccc(O)c(Cn2c(NC[C@H](O)CN3CCOCC3)nc3cc(CO)ccc32)n1. The monoisotopic (exact) mass is 427 g/mol. The molecule has 1 saturated heterocycles. The number of hydrogen-bond donors (Lipinski definition) is 4. The van der Waals surface area contributed by atoms with Crippen LogP contribution in [0.4, 0.5) is 5.95 Å². The molecule has 4 rings (SSSR count). The first kappa shape index (κ1) is 21.5. The van der Waals surface area contributed by atoms with Crippen molar-refractivity contribution in [2.24, 2.45) is 0 Å². The summed E-state index contributed by atoms with van der Waals surface area (Å²) in [6.45, 7) is 6.05. The molecule has 4 N–H and O–H groups in total. The van der Waals surface area contributed by atoms with Crippen molar-refractivity contribution in [3.63, 3.8) is 0 Å². The van der Waals surface area contributed by atoms with Crippen LogP contribution in [0.5, 0.6) is 5.75 Å². The number of hydrogen-bond acceptors (Lipinski definition) is 8. The summed E-state index contributed by atoms with van der Waals surface area (Å²) in [5, 5.41) is 33.5. The zero-order valence-electron chi connectivity index (χ0n) is 17.7. The second kappa shape index (κ2) is 9.61. The van der Waals surface area contributed by atoms with Crippen molar-refractivity contribution in [2.75, 3.05) is 44.7 Å². The molecule has 0 saturated carbocycles. The number of rotatable bonds is 8. The van der Waals surface area contributed by atoms with Crippen molar-refractivity contribution >= 4 is 17.0 Å². The van der Waals surface area contributed by atoms with Gasteiger partial charge in [-0.25, -0.2) is 4.98 Å². The highest BCUT2D eigenvalue weighted by Crippen LogP contribution is 2.25. The number of aliphatic hydroxyl groups is 2. The van der Waals surface area contributed by atoms with E-state index in [0.29, 0.717) is 44.5 Å². The third kappa shape index (κ3) is 5.13. The van der Waals surface area contributed by atoms with Gasteiger partial charge in [0.15, 0.2) is 0 Å². The Hall–Kier alpha value is -2.72. The molecule has 3 aromatic rings. The summed E-state index contributed by atoms with van der Waals surface area (Å²) in [6, 6.07) is 8.99. The number of nitrogens with one attached hydrogen (secondary N) is 1. The zero-order valence-corrected chi connectivity index (χ0v) is 17.7. The van der Waals surface area contributed by atoms with Crippen LogP contribution in [0.1, 0.15) is 17.0 Å². The maximum absolute atomic E-state index is 10.5. The molecular formula is C22H29N5O4. The maximum Gasteiger partial charge on any atom is 0.204 e. The molecule has 1 aliphatic heterocycles. The molecule has 0 radical (unpaired) electrons. The first-order valence-electron chi connectivity index (χ1n) is 10.5. The average Bonchev–Trinajstić information content (AvgIpc) is 3.12. The minimum absolute atomic E-state index is 0.0654. The van der Waals surface area contributed by atoms with E-state index in [-0.39, 0.29) is 12.4 Å². The number of aryl methyl sites for hydroxylation is 1. The number of benzene rings is 1. The van der Waals surface area contributed by atoms with Crippen molar-refractivity contribution in [2.45, 2.75) is 26.2 Å². The number of imidazole rings is 1. The fourth-order valence-electron chi connectivity index (χ4n) is 3.79. The summed E-state index contributed by atoms with van der Waals surface area (Å²) in [5.41, 5.74) is 3.71. The van der Waals surface area contributed by atoms with E-state index in [2.05, 4.69) is 20.2 Å². The fourth-order valence-corrected chi connectivity index (χ4v) is 3.79. The van der Waals surface area contributed by atoms with Gasteiger partial charge >= 0.3 is 0 Å². The van der Waals surface area contributed by atoms with Gasteiger partial charge in [0.05, 0.1) is 43.5 Å². The standard InChI is InChI=1S/C22H29N5O4/c1-15-2-5-21(30)19(24-15)13-27-20-4-3-16(14-28)10-18(20)25-22(27)23-11-17(29)12-26-6-8-31-9-7-26/h2-5,10,17,28-30H,6-9,11-14H2,1H3,(H,23,25)/t17-/m0/s1. The summed E-state index contributed by atoms with van der Waals surface area (Å²) in [4.78, 5) is 11.3. The van der Waals surface area contributed by atoms with Gasteiger partial charge < -0.3 is 29.9 Å². The van der Waals surface area contributed by atoms with E-state index in [4.69, 9.17) is 4.74 Å². The first-order chi connectivity index (χ1) is 15.0. The van der Waals surface area contributed by atoms with Crippen LogP contribution in [-0.4, -0.2) is 80.3 Å². The largest absolute Gasteiger partial charge is 0.506 e. The van der Waals surface area contributed by atoms with Crippen molar-refractivity contribution in [3.05, 3.63) is 47.3 Å². The summed E-state index contributed by atoms with van der Waals surface area (Å²) >= 11 is 0. The van der Waals surface area contributed by atoms with Crippen LogP contribution in [0.15, 0.2) is 30.3 Å². The molecule has 166 valence electrons. The Morgan fingerprint density at radius 3 is 2.74 bits per heavy atom. The molecule has 1 atom stereocenters. The zero-order chi connectivity index (χ0) is 21.8. The minimum Gasteiger partial charge on any atom is -0.506 e. The van der Waals surface area contributed by atoms with Crippen LogP contribution in [-0.2, 0) is 17.9 Å². The van der Waals surface area contributed by atoms with Gasteiger partial charge in [-0.3, -0.25) is 9.88 Å². The lowest BCUT2D eigenvalue weighted by Crippen LogP contribution is -2.42. The molecule has 31 heavy (non-hydrogen) atoms. The van der Waals surface area contributed by atoms with Gasteiger partial charge in [0.2, 0.25) is 5.95 Å². The number of aliphatic hydroxyl groups excluding tert-OH is 2. The van der Waals surface area contributed by atoms with E-state index in [1.165, 1.54) is 0 Å². The summed E-state index contributed by atoms with van der Waals surface area (Å²) in [6.07, 6.45) is -0.565. The number of nitrogens with zero attached hydrogens (tertiary/aromatic N) is 4. The Morgan fingerprint density at radius 1 is 1.16 bits per heavy atom. The molecule has 9 nitrogen and oxygen atoms in total. The Balaban J connectivity index is 1.57. The number of ether oxygens (including phenoxy) is 1. The maximum atomic E-state index is 10.5. The highest BCUT2D eigenvalue weighted by atomic mass is 16.5. The van der Waals surface area contributed by atoms with Crippen molar-refractivity contribution in [1.82, 2.24) is 19.4 Å². The first-order valence-corrected chi connectivity index (χ1v) is 10.5. The number of aromatic nitrogens is 3. The lowest BCUT2D eigenvalue weighted by Gasteiger charge is -2.28. The van der Waals surface area contributed by atoms with E-state index in [0.717, 1.165) is 35.4 Å². The molecule has 0 unspecified atom stereocenters. The molecule has 0 spiro atoms. The number of morpholine rings is 1. The van der Waals surface area contributed by atoms with Crippen molar-refractivity contribution in [1.29, 1.82) is 0 Å². The van der Waals surface area contributed by atoms with Gasteiger partial charge in [-0.15, -0.1) is 0 Å². The Morgan fingerprint density at radius 2 is 1.97 bits per heavy atom. The number of fused-ring (bicyclic) bond motifs is 1. The Kier molecular flexibility index (Phi) is 6.67. The van der Waals surface area contributed by atoms with Crippen molar-refractivity contribution in [3.8, 4) is 5.75 Å². The van der Waals surface area contributed by atoms with Crippen LogP contribution in [0, 0.1) is 6.92 Å². The van der Waals surface area contributed by atoms with Gasteiger partial charge in [-0.05, 0) is 36.8 Å². The van der Waals surface area contributed by atoms with Crippen LogP contribution < -0.4 is 5.32 Å². The van der Waals surface area contributed by atoms with E-state index >= 15 is 0 Å². The second-order valence-corrected chi connectivity index (χ2v) is 7.87. The van der Waals surface area contributed by atoms with Gasteiger partial charge in [-0.2, -0.15) is 0 Å². The normalized spacial score (nSPS) is 16.0. The van der Waals surface area contributed by atoms with E-state index in [9.17, 15) is 15.3 Å². The van der Waals surface area contributed by atoms with Gasteiger partial charge in [0, 0.05) is 31.9 Å². The van der Waals surface area contributed by atoms with Crippen LogP contribution in [0.3, 0.4) is 0 Å². The highest BCUT2D eigenvalue weighted by molar-refractivity contribution is 5.79. The molecule has 1 fully saturated rings. The third-order valence-electron chi connectivity index (χ3n) is 5.46. The average molecular weight is 428 g/mol. The van der Waals surface area contributed by atoms with Gasteiger partial charge in [-0.1, -0.05) is 6.07 Å². The predicted molar refractivity (Wildman–Crippen MR) is 117 cm³/mol. The number of aromatic hydroxyl groups is 1. The summed E-state index contributed by atoms with van der Waals surface area (Å²) < 4.78 is 7.29. The van der Waals surface area contributed by atoms with Crippen LogP contribution in [0.25, 0.3) is 11.0 Å².